The van der Waals surface area contributed by atoms with Crippen molar-refractivity contribution in [1.29, 1.82) is 0 Å². The summed E-state index contributed by atoms with van der Waals surface area (Å²) < 4.78 is 6.60. The maximum atomic E-state index is 12.6. The van der Waals surface area contributed by atoms with E-state index in [1.54, 1.807) is 36.6 Å². The van der Waals surface area contributed by atoms with Gasteiger partial charge in [0.05, 0.1) is 27.8 Å². The van der Waals surface area contributed by atoms with Gasteiger partial charge in [-0.15, -0.1) is 11.3 Å². The van der Waals surface area contributed by atoms with Crippen LogP contribution in [0.2, 0.25) is 0 Å². The maximum absolute atomic E-state index is 12.6. The van der Waals surface area contributed by atoms with E-state index in [4.69, 9.17) is 4.42 Å². The van der Waals surface area contributed by atoms with Crippen LogP contribution in [0.25, 0.3) is 11.1 Å². The van der Waals surface area contributed by atoms with Crippen molar-refractivity contribution >= 4 is 28.3 Å². The van der Waals surface area contributed by atoms with Crippen molar-refractivity contribution in [3.8, 4) is 0 Å². The molecule has 0 aliphatic heterocycles. The summed E-state index contributed by atoms with van der Waals surface area (Å²) in [4.78, 5) is 28.9. The number of oxazole rings is 1. The number of benzene rings is 1. The largest absolute Gasteiger partial charge is 0.419 e. The summed E-state index contributed by atoms with van der Waals surface area (Å²) >= 11 is 1.65. The first kappa shape index (κ1) is 15.1. The van der Waals surface area contributed by atoms with Crippen LogP contribution in [0.5, 0.6) is 0 Å². The molecule has 1 aliphatic carbocycles. The number of aromatic nitrogens is 2. The molecule has 1 fully saturated rings. The number of carbonyl (C=O) groups excluding carboxylic acids is 1. The first-order chi connectivity index (χ1) is 11.5. The SMILES string of the molecule is CC(NC(=O)c1cccc2c1oc(=O)n2C)c1csc(C2CC2)n1. The molecule has 1 unspecified atom stereocenters. The highest BCUT2D eigenvalue weighted by molar-refractivity contribution is 7.09. The fourth-order valence-corrected chi connectivity index (χ4v) is 3.78. The lowest BCUT2D eigenvalue weighted by atomic mass is 10.1. The molecular formula is C17H17N3O3S. The van der Waals surface area contributed by atoms with Gasteiger partial charge in [0, 0.05) is 18.3 Å². The van der Waals surface area contributed by atoms with E-state index in [0.717, 1.165) is 10.7 Å². The zero-order valence-electron chi connectivity index (χ0n) is 13.4. The first-order valence-electron chi connectivity index (χ1n) is 7.89. The number of carbonyl (C=O) groups is 1. The van der Waals surface area contributed by atoms with Crippen LogP contribution >= 0.6 is 11.3 Å². The Morgan fingerprint density at radius 3 is 3.00 bits per heavy atom. The quantitative estimate of drug-likeness (QED) is 0.790. The van der Waals surface area contributed by atoms with Crippen LogP contribution in [-0.4, -0.2) is 15.5 Å². The summed E-state index contributed by atoms with van der Waals surface area (Å²) in [5, 5.41) is 6.10. The molecule has 7 heteroatoms. The van der Waals surface area contributed by atoms with Crippen molar-refractivity contribution in [3.05, 3.63) is 50.4 Å². The predicted molar refractivity (Wildman–Crippen MR) is 91.4 cm³/mol. The van der Waals surface area contributed by atoms with Crippen LogP contribution in [0.1, 0.15) is 52.8 Å². The molecule has 1 amide bonds. The molecule has 1 atom stereocenters. The number of hydrogen-bond acceptors (Lipinski definition) is 5. The van der Waals surface area contributed by atoms with Crippen molar-refractivity contribution in [2.45, 2.75) is 31.7 Å². The number of para-hydroxylation sites is 1. The number of amides is 1. The minimum Gasteiger partial charge on any atom is -0.407 e. The third-order valence-corrected chi connectivity index (χ3v) is 5.35. The standard InChI is InChI=1S/C17H17N3O3S/c1-9(12-8-24-16(19-12)10-6-7-10)18-15(21)11-4-3-5-13-14(11)23-17(22)20(13)2/h3-5,8-10H,6-7H2,1-2H3,(H,18,21). The number of hydrogen-bond donors (Lipinski definition) is 1. The van der Waals surface area contributed by atoms with E-state index in [1.807, 2.05) is 12.3 Å². The second-order valence-corrected chi connectivity index (χ2v) is 7.05. The van der Waals surface area contributed by atoms with Crippen molar-refractivity contribution in [2.24, 2.45) is 7.05 Å². The van der Waals surface area contributed by atoms with Gasteiger partial charge in [-0.1, -0.05) is 6.07 Å². The summed E-state index contributed by atoms with van der Waals surface area (Å²) in [7, 11) is 1.62. The summed E-state index contributed by atoms with van der Waals surface area (Å²) in [5.41, 5.74) is 2.14. The second-order valence-electron chi connectivity index (χ2n) is 6.16. The van der Waals surface area contributed by atoms with Gasteiger partial charge in [0.25, 0.3) is 5.91 Å². The average Bonchev–Trinajstić information content (AvgIpc) is 3.22. The number of thiazole rings is 1. The highest BCUT2D eigenvalue weighted by Gasteiger charge is 2.27. The van der Waals surface area contributed by atoms with Crippen molar-refractivity contribution in [2.75, 3.05) is 0 Å². The molecule has 24 heavy (non-hydrogen) atoms. The van der Waals surface area contributed by atoms with E-state index < -0.39 is 5.76 Å². The molecule has 3 aromatic rings. The minimum atomic E-state index is -0.480. The summed E-state index contributed by atoms with van der Waals surface area (Å²) in [5.74, 6) is -0.144. The Morgan fingerprint density at radius 2 is 2.25 bits per heavy atom. The van der Waals surface area contributed by atoms with Gasteiger partial charge in [-0.25, -0.2) is 9.78 Å². The van der Waals surface area contributed by atoms with Gasteiger partial charge in [-0.05, 0) is 31.9 Å². The van der Waals surface area contributed by atoms with Gasteiger partial charge < -0.3 is 9.73 Å². The molecule has 6 nitrogen and oxygen atoms in total. The minimum absolute atomic E-state index is 0.202. The van der Waals surface area contributed by atoms with Crippen molar-refractivity contribution in [3.63, 3.8) is 0 Å². The van der Waals surface area contributed by atoms with Gasteiger partial charge >= 0.3 is 5.76 Å². The zero-order valence-corrected chi connectivity index (χ0v) is 14.2. The summed E-state index contributed by atoms with van der Waals surface area (Å²) in [6.45, 7) is 1.91. The molecule has 4 rings (SSSR count). The van der Waals surface area contributed by atoms with Crippen LogP contribution in [0.3, 0.4) is 0 Å². The van der Waals surface area contributed by atoms with E-state index in [1.165, 1.54) is 17.4 Å². The number of aryl methyl sites for hydroxylation is 1. The Hall–Kier alpha value is -2.41. The fourth-order valence-electron chi connectivity index (χ4n) is 2.69. The third kappa shape index (κ3) is 2.54. The normalized spacial score (nSPS) is 15.6. The molecular weight excluding hydrogens is 326 g/mol. The lowest BCUT2D eigenvalue weighted by Crippen LogP contribution is -2.27. The Bertz CT molecular complexity index is 981. The van der Waals surface area contributed by atoms with Crippen molar-refractivity contribution < 1.29 is 9.21 Å². The van der Waals surface area contributed by atoms with Crippen LogP contribution in [0, 0.1) is 0 Å². The maximum Gasteiger partial charge on any atom is 0.419 e. The number of nitrogens with zero attached hydrogens (tertiary/aromatic N) is 2. The predicted octanol–water partition coefficient (Wildman–Crippen LogP) is 2.96. The monoisotopic (exact) mass is 343 g/mol. The molecule has 0 saturated heterocycles. The fraction of sp³-hybridized carbons (Fsp3) is 0.353. The van der Waals surface area contributed by atoms with Crippen LogP contribution in [0.15, 0.2) is 32.8 Å². The number of rotatable bonds is 4. The van der Waals surface area contributed by atoms with Crippen LogP contribution in [-0.2, 0) is 7.05 Å². The van der Waals surface area contributed by atoms with Gasteiger partial charge in [0.2, 0.25) is 0 Å². The lowest BCUT2D eigenvalue weighted by molar-refractivity contribution is 0.0940. The number of fused-ring (bicyclic) bond motifs is 1. The van der Waals surface area contributed by atoms with Crippen LogP contribution < -0.4 is 11.1 Å². The Morgan fingerprint density at radius 1 is 1.46 bits per heavy atom. The molecule has 2 heterocycles. The van der Waals surface area contributed by atoms with Crippen LogP contribution in [0.4, 0.5) is 0 Å². The molecule has 0 spiro atoms. The second kappa shape index (κ2) is 5.59. The molecule has 124 valence electrons. The topological polar surface area (TPSA) is 77.1 Å². The number of nitrogens with one attached hydrogen (secondary N) is 1. The molecule has 0 bridgehead atoms. The third-order valence-electron chi connectivity index (χ3n) is 4.32. The van der Waals surface area contributed by atoms with E-state index in [-0.39, 0.29) is 11.9 Å². The molecule has 0 radical (unpaired) electrons. The Labute approximate surface area is 142 Å². The molecule has 1 N–H and O–H groups in total. The molecule has 1 aromatic carbocycles. The van der Waals surface area contributed by atoms with E-state index >= 15 is 0 Å². The highest BCUT2D eigenvalue weighted by Crippen LogP contribution is 2.41. The smallest absolute Gasteiger partial charge is 0.407 e. The van der Waals surface area contributed by atoms with E-state index in [0.29, 0.717) is 22.6 Å². The van der Waals surface area contributed by atoms with Gasteiger partial charge in [0.1, 0.15) is 0 Å². The van der Waals surface area contributed by atoms with Gasteiger partial charge in [0.15, 0.2) is 5.58 Å². The van der Waals surface area contributed by atoms with Gasteiger partial charge in [-0.2, -0.15) is 0 Å². The lowest BCUT2D eigenvalue weighted by Gasteiger charge is -2.11. The van der Waals surface area contributed by atoms with E-state index in [9.17, 15) is 9.59 Å². The zero-order chi connectivity index (χ0) is 16.8. The van der Waals surface area contributed by atoms with Crippen molar-refractivity contribution in [1.82, 2.24) is 14.9 Å². The van der Waals surface area contributed by atoms with E-state index in [2.05, 4.69) is 10.3 Å². The molecule has 2 aromatic heterocycles. The first-order valence-corrected chi connectivity index (χ1v) is 8.77. The highest BCUT2D eigenvalue weighted by atomic mass is 32.1. The average molecular weight is 343 g/mol. The summed E-state index contributed by atoms with van der Waals surface area (Å²) in [6.07, 6.45) is 2.42. The molecule has 1 aliphatic rings. The van der Waals surface area contributed by atoms with Gasteiger partial charge in [-0.3, -0.25) is 9.36 Å². The Kier molecular flexibility index (Phi) is 3.53. The molecule has 1 saturated carbocycles. The summed E-state index contributed by atoms with van der Waals surface area (Å²) in [6, 6.07) is 4.95. The Balaban J connectivity index is 1.59.